The summed E-state index contributed by atoms with van der Waals surface area (Å²) in [5.74, 6) is 0. The number of aryl methyl sites for hydroxylation is 1. The minimum Gasteiger partial charge on any atom is -0.264 e. The highest BCUT2D eigenvalue weighted by molar-refractivity contribution is 6.31. The fourth-order valence-corrected chi connectivity index (χ4v) is 1.91. The normalized spacial score (nSPS) is 10.3. The Bertz CT molecular complexity index is 587. The van der Waals surface area contributed by atoms with Gasteiger partial charge in [0.15, 0.2) is 0 Å². The SMILES string of the molecule is CCc1nc(Cl)c([N+](=O)[O-])cc1-c1cccnc1. The van der Waals surface area contributed by atoms with E-state index in [1.165, 1.54) is 6.07 Å². The van der Waals surface area contributed by atoms with Gasteiger partial charge in [-0.1, -0.05) is 24.6 Å². The van der Waals surface area contributed by atoms with Gasteiger partial charge in [0.25, 0.3) is 0 Å². The number of halogens is 1. The summed E-state index contributed by atoms with van der Waals surface area (Å²) in [6, 6.07) is 5.06. The van der Waals surface area contributed by atoms with E-state index in [2.05, 4.69) is 9.97 Å². The first-order chi connectivity index (χ1) is 8.63. The topological polar surface area (TPSA) is 68.9 Å². The molecular formula is C12H10ClN3O2. The molecule has 92 valence electrons. The Morgan fingerprint density at radius 3 is 2.83 bits per heavy atom. The molecule has 0 atom stereocenters. The molecule has 18 heavy (non-hydrogen) atoms. The maximum atomic E-state index is 10.9. The molecule has 0 saturated carbocycles. The standard InChI is InChI=1S/C12H10ClN3O2/c1-2-10-9(8-4-3-5-14-7-8)6-11(16(17)18)12(13)15-10/h3-7H,2H2,1H3. The Kier molecular flexibility index (Phi) is 3.53. The Labute approximate surface area is 109 Å². The summed E-state index contributed by atoms with van der Waals surface area (Å²) in [7, 11) is 0. The molecule has 0 bridgehead atoms. The molecular weight excluding hydrogens is 254 g/mol. The Hall–Kier alpha value is -2.01. The van der Waals surface area contributed by atoms with E-state index in [9.17, 15) is 10.1 Å². The largest absolute Gasteiger partial charge is 0.307 e. The maximum Gasteiger partial charge on any atom is 0.307 e. The van der Waals surface area contributed by atoms with Gasteiger partial charge >= 0.3 is 5.69 Å². The van der Waals surface area contributed by atoms with Gasteiger partial charge in [-0.15, -0.1) is 0 Å². The van der Waals surface area contributed by atoms with Gasteiger partial charge in [-0.25, -0.2) is 4.98 Å². The third-order valence-electron chi connectivity index (χ3n) is 2.54. The quantitative estimate of drug-likeness (QED) is 0.484. The van der Waals surface area contributed by atoms with Gasteiger partial charge in [0.05, 0.1) is 10.6 Å². The van der Waals surface area contributed by atoms with Crippen molar-refractivity contribution in [3.05, 3.63) is 51.6 Å². The van der Waals surface area contributed by atoms with Crippen LogP contribution in [0.3, 0.4) is 0 Å². The van der Waals surface area contributed by atoms with Crippen LogP contribution in [0.2, 0.25) is 5.15 Å². The van der Waals surface area contributed by atoms with E-state index >= 15 is 0 Å². The van der Waals surface area contributed by atoms with Crippen molar-refractivity contribution in [2.75, 3.05) is 0 Å². The zero-order valence-electron chi connectivity index (χ0n) is 9.63. The van der Waals surface area contributed by atoms with Crippen molar-refractivity contribution in [2.45, 2.75) is 13.3 Å². The summed E-state index contributed by atoms with van der Waals surface area (Å²) in [4.78, 5) is 18.4. The lowest BCUT2D eigenvalue weighted by Crippen LogP contribution is -1.98. The third kappa shape index (κ3) is 2.31. The lowest BCUT2D eigenvalue weighted by molar-refractivity contribution is -0.385. The van der Waals surface area contributed by atoms with Crippen molar-refractivity contribution in [3.63, 3.8) is 0 Å². The number of rotatable bonds is 3. The van der Waals surface area contributed by atoms with Crippen LogP contribution in [0.15, 0.2) is 30.6 Å². The second kappa shape index (κ2) is 5.10. The molecule has 0 aliphatic heterocycles. The van der Waals surface area contributed by atoms with Crippen LogP contribution in [0.4, 0.5) is 5.69 Å². The minimum atomic E-state index is -0.533. The molecule has 0 fully saturated rings. The molecule has 2 rings (SSSR count). The summed E-state index contributed by atoms with van der Waals surface area (Å²) in [5.41, 5.74) is 2.02. The van der Waals surface area contributed by atoms with E-state index in [0.29, 0.717) is 12.0 Å². The molecule has 0 unspecified atom stereocenters. The molecule has 0 saturated heterocycles. The van der Waals surface area contributed by atoms with Crippen molar-refractivity contribution >= 4 is 17.3 Å². The van der Waals surface area contributed by atoms with Gasteiger partial charge in [0, 0.05) is 29.6 Å². The van der Waals surface area contributed by atoms with Gasteiger partial charge in [-0.2, -0.15) is 0 Å². The Morgan fingerprint density at radius 2 is 2.28 bits per heavy atom. The molecule has 2 heterocycles. The predicted octanol–water partition coefficient (Wildman–Crippen LogP) is 3.27. The summed E-state index contributed by atoms with van der Waals surface area (Å²) in [6.45, 7) is 1.92. The maximum absolute atomic E-state index is 10.9. The van der Waals surface area contributed by atoms with Crippen molar-refractivity contribution in [1.82, 2.24) is 9.97 Å². The second-order valence-electron chi connectivity index (χ2n) is 3.64. The van der Waals surface area contributed by atoms with Crippen molar-refractivity contribution in [3.8, 4) is 11.1 Å². The van der Waals surface area contributed by atoms with E-state index in [1.54, 1.807) is 18.5 Å². The second-order valence-corrected chi connectivity index (χ2v) is 4.00. The number of hydrogen-bond donors (Lipinski definition) is 0. The fourth-order valence-electron chi connectivity index (χ4n) is 1.69. The Balaban J connectivity index is 2.65. The zero-order valence-corrected chi connectivity index (χ0v) is 10.4. The van der Waals surface area contributed by atoms with Crippen LogP contribution >= 0.6 is 11.6 Å². The number of pyridine rings is 2. The molecule has 0 N–H and O–H groups in total. The molecule has 0 radical (unpaired) electrons. The molecule has 0 aliphatic carbocycles. The van der Waals surface area contributed by atoms with E-state index in [0.717, 1.165) is 11.3 Å². The molecule has 2 aromatic heterocycles. The third-order valence-corrected chi connectivity index (χ3v) is 2.82. The monoisotopic (exact) mass is 263 g/mol. The number of nitro groups is 1. The van der Waals surface area contributed by atoms with Gasteiger partial charge in [0.2, 0.25) is 5.15 Å². The number of hydrogen-bond acceptors (Lipinski definition) is 4. The van der Waals surface area contributed by atoms with Crippen molar-refractivity contribution in [1.29, 1.82) is 0 Å². The number of aromatic nitrogens is 2. The van der Waals surface area contributed by atoms with Gasteiger partial charge < -0.3 is 0 Å². The first-order valence-corrected chi connectivity index (χ1v) is 5.75. The van der Waals surface area contributed by atoms with Crippen molar-refractivity contribution < 1.29 is 4.92 Å². The van der Waals surface area contributed by atoms with E-state index in [4.69, 9.17) is 11.6 Å². The van der Waals surface area contributed by atoms with E-state index in [1.807, 2.05) is 13.0 Å². The lowest BCUT2D eigenvalue weighted by Gasteiger charge is -2.07. The van der Waals surface area contributed by atoms with Crippen LogP contribution in [0.5, 0.6) is 0 Å². The van der Waals surface area contributed by atoms with Crippen LogP contribution in [0.1, 0.15) is 12.6 Å². The van der Waals surface area contributed by atoms with Crippen LogP contribution < -0.4 is 0 Å². The first kappa shape index (κ1) is 12.4. The predicted molar refractivity (Wildman–Crippen MR) is 68.5 cm³/mol. The molecule has 0 amide bonds. The molecule has 0 aliphatic rings. The van der Waals surface area contributed by atoms with Crippen LogP contribution in [-0.4, -0.2) is 14.9 Å². The van der Waals surface area contributed by atoms with Crippen molar-refractivity contribution in [2.24, 2.45) is 0 Å². The first-order valence-electron chi connectivity index (χ1n) is 5.37. The summed E-state index contributed by atoms with van der Waals surface area (Å²) in [5, 5.41) is 10.8. The highest BCUT2D eigenvalue weighted by atomic mass is 35.5. The highest BCUT2D eigenvalue weighted by Crippen LogP contribution is 2.31. The summed E-state index contributed by atoms with van der Waals surface area (Å²) >= 11 is 5.79. The molecule has 0 aromatic carbocycles. The van der Waals surface area contributed by atoms with Gasteiger partial charge in [-0.05, 0) is 12.5 Å². The smallest absolute Gasteiger partial charge is 0.264 e. The highest BCUT2D eigenvalue weighted by Gasteiger charge is 2.18. The molecule has 2 aromatic rings. The van der Waals surface area contributed by atoms with E-state index in [-0.39, 0.29) is 10.8 Å². The molecule has 0 spiro atoms. The molecule has 5 nitrogen and oxygen atoms in total. The Morgan fingerprint density at radius 1 is 1.50 bits per heavy atom. The zero-order chi connectivity index (χ0) is 13.1. The van der Waals surface area contributed by atoms with Gasteiger partial charge in [-0.3, -0.25) is 15.1 Å². The molecule has 6 heteroatoms. The summed E-state index contributed by atoms with van der Waals surface area (Å²) in [6.07, 6.45) is 3.93. The lowest BCUT2D eigenvalue weighted by atomic mass is 10.0. The fraction of sp³-hybridized carbons (Fsp3) is 0.167. The minimum absolute atomic E-state index is 0.0792. The van der Waals surface area contributed by atoms with Crippen LogP contribution in [-0.2, 0) is 6.42 Å². The van der Waals surface area contributed by atoms with Gasteiger partial charge in [0.1, 0.15) is 0 Å². The summed E-state index contributed by atoms with van der Waals surface area (Å²) < 4.78 is 0. The van der Waals surface area contributed by atoms with Crippen LogP contribution in [0.25, 0.3) is 11.1 Å². The number of nitrogens with zero attached hydrogens (tertiary/aromatic N) is 3. The average molecular weight is 264 g/mol. The van der Waals surface area contributed by atoms with E-state index < -0.39 is 4.92 Å². The van der Waals surface area contributed by atoms with Crippen LogP contribution in [0, 0.1) is 10.1 Å². The average Bonchev–Trinajstić information content (AvgIpc) is 2.39.